The largest absolute Gasteiger partial charge is 0.368 e. The molecule has 5 heteroatoms. The molecule has 1 unspecified atom stereocenters. The van der Waals surface area contributed by atoms with Crippen molar-refractivity contribution in [2.75, 3.05) is 13.6 Å². The van der Waals surface area contributed by atoms with Gasteiger partial charge in [-0.05, 0) is 25.8 Å². The van der Waals surface area contributed by atoms with Crippen LogP contribution >= 0.6 is 0 Å². The Labute approximate surface area is 97.2 Å². The summed E-state index contributed by atoms with van der Waals surface area (Å²) in [5.41, 5.74) is 4.31. The van der Waals surface area contributed by atoms with E-state index in [4.69, 9.17) is 5.73 Å². The Balaban J connectivity index is 4.56. The predicted molar refractivity (Wildman–Crippen MR) is 63.7 cm³/mol. The number of hydrogen-bond acceptors (Lipinski definition) is 3. The number of likely N-dealkylation sites (N-methyl/N-ethyl adjacent to an activating group) is 1. The highest BCUT2D eigenvalue weighted by Crippen LogP contribution is 2.27. The van der Waals surface area contributed by atoms with Gasteiger partial charge in [-0.3, -0.25) is 9.59 Å². The molecule has 0 spiro atoms. The van der Waals surface area contributed by atoms with E-state index in [2.05, 4.69) is 31.4 Å². The predicted octanol–water partition coefficient (Wildman–Crippen LogP) is 0.00220. The first-order valence-corrected chi connectivity index (χ1v) is 5.36. The summed E-state index contributed by atoms with van der Waals surface area (Å²) in [5.74, 6) is -0.744. The summed E-state index contributed by atoms with van der Waals surface area (Å²) in [5, 5.41) is 5.51. The second kappa shape index (κ2) is 5.30. The fourth-order valence-electron chi connectivity index (χ4n) is 1.71. The molecule has 0 radical (unpaired) electrons. The van der Waals surface area contributed by atoms with Crippen LogP contribution in [0.1, 0.15) is 34.1 Å². The maximum atomic E-state index is 11.9. The van der Waals surface area contributed by atoms with Crippen molar-refractivity contribution in [3.63, 3.8) is 0 Å². The van der Waals surface area contributed by atoms with E-state index in [1.54, 1.807) is 7.05 Å². The van der Waals surface area contributed by atoms with Crippen molar-refractivity contribution in [2.45, 2.75) is 39.7 Å². The number of hydrogen-bond donors (Lipinski definition) is 3. The van der Waals surface area contributed by atoms with Crippen LogP contribution in [0.2, 0.25) is 0 Å². The molecule has 4 N–H and O–H groups in total. The molecule has 94 valence electrons. The normalized spacial score (nSPS) is 15.3. The Bertz CT molecular complexity index is 271. The monoisotopic (exact) mass is 229 g/mol. The van der Waals surface area contributed by atoms with Crippen molar-refractivity contribution in [2.24, 2.45) is 11.1 Å². The van der Waals surface area contributed by atoms with E-state index in [-0.39, 0.29) is 17.9 Å². The summed E-state index contributed by atoms with van der Waals surface area (Å²) in [4.78, 5) is 22.5. The average molecular weight is 229 g/mol. The summed E-state index contributed by atoms with van der Waals surface area (Å²) in [7, 11) is 1.73. The Morgan fingerprint density at radius 1 is 1.19 bits per heavy atom. The minimum Gasteiger partial charge on any atom is -0.368 e. The van der Waals surface area contributed by atoms with Gasteiger partial charge in [-0.15, -0.1) is 0 Å². The molecule has 0 bridgehead atoms. The molecule has 5 nitrogen and oxygen atoms in total. The molecule has 0 aliphatic rings. The van der Waals surface area contributed by atoms with Crippen molar-refractivity contribution < 1.29 is 9.59 Å². The molecule has 0 saturated heterocycles. The number of carbonyl (C=O) groups is 2. The van der Waals surface area contributed by atoms with E-state index >= 15 is 0 Å². The van der Waals surface area contributed by atoms with Crippen LogP contribution in [-0.4, -0.2) is 30.9 Å². The van der Waals surface area contributed by atoms with E-state index in [0.29, 0.717) is 6.42 Å². The first-order valence-electron chi connectivity index (χ1n) is 5.36. The molecule has 0 rings (SSSR count). The molecule has 0 fully saturated rings. The van der Waals surface area contributed by atoms with E-state index in [0.717, 1.165) is 0 Å². The van der Waals surface area contributed by atoms with Crippen LogP contribution in [0.15, 0.2) is 0 Å². The third kappa shape index (κ3) is 5.11. The number of amides is 2. The fraction of sp³-hybridized carbons (Fsp3) is 0.818. The third-order valence-corrected chi connectivity index (χ3v) is 2.36. The second-order valence-electron chi connectivity index (χ2n) is 5.47. The molecule has 0 aliphatic carbocycles. The van der Waals surface area contributed by atoms with E-state index < -0.39 is 11.4 Å². The smallest absolute Gasteiger partial charge is 0.240 e. The van der Waals surface area contributed by atoms with E-state index in [1.807, 2.05) is 6.92 Å². The summed E-state index contributed by atoms with van der Waals surface area (Å²) in [6.45, 7) is 7.87. The Hall–Kier alpha value is -1.10. The quantitative estimate of drug-likeness (QED) is 0.620. The second-order valence-corrected chi connectivity index (χ2v) is 5.47. The Morgan fingerprint density at radius 3 is 2.00 bits per heavy atom. The van der Waals surface area contributed by atoms with Crippen LogP contribution in [0.5, 0.6) is 0 Å². The zero-order valence-electron chi connectivity index (χ0n) is 10.8. The first kappa shape index (κ1) is 14.9. The lowest BCUT2D eigenvalue weighted by Gasteiger charge is -2.34. The molecule has 16 heavy (non-hydrogen) atoms. The number of rotatable bonds is 5. The van der Waals surface area contributed by atoms with Gasteiger partial charge in [0.15, 0.2) is 0 Å². The van der Waals surface area contributed by atoms with Gasteiger partial charge in [0.05, 0.1) is 12.1 Å². The maximum Gasteiger partial charge on any atom is 0.240 e. The zero-order chi connectivity index (χ0) is 13.0. The number of carbonyl (C=O) groups excluding carboxylic acids is 2. The lowest BCUT2D eigenvalue weighted by Crippen LogP contribution is -2.56. The van der Waals surface area contributed by atoms with Crippen molar-refractivity contribution in [1.82, 2.24) is 10.6 Å². The lowest BCUT2D eigenvalue weighted by molar-refractivity contribution is -0.130. The van der Waals surface area contributed by atoms with E-state index in [1.165, 1.54) is 0 Å². The van der Waals surface area contributed by atoms with Gasteiger partial charge in [-0.1, -0.05) is 20.8 Å². The van der Waals surface area contributed by atoms with Gasteiger partial charge >= 0.3 is 0 Å². The van der Waals surface area contributed by atoms with Gasteiger partial charge in [-0.25, -0.2) is 0 Å². The SMILES string of the molecule is CNC(C)(CC(C)(C)C)C(=O)NCC(N)=O. The molecule has 1 atom stereocenters. The topological polar surface area (TPSA) is 84.2 Å². The fourth-order valence-corrected chi connectivity index (χ4v) is 1.71. The van der Waals surface area contributed by atoms with Crippen LogP contribution in [0, 0.1) is 5.41 Å². The lowest BCUT2D eigenvalue weighted by atomic mass is 9.80. The van der Waals surface area contributed by atoms with Crippen LogP contribution in [0.3, 0.4) is 0 Å². The first-order chi connectivity index (χ1) is 7.10. The highest BCUT2D eigenvalue weighted by Gasteiger charge is 2.35. The minimum atomic E-state index is -0.687. The molecular weight excluding hydrogens is 206 g/mol. The highest BCUT2D eigenvalue weighted by atomic mass is 16.2. The Morgan fingerprint density at radius 2 is 1.69 bits per heavy atom. The van der Waals surface area contributed by atoms with Gasteiger partial charge in [0.2, 0.25) is 11.8 Å². The van der Waals surface area contributed by atoms with Gasteiger partial charge in [0.1, 0.15) is 0 Å². The van der Waals surface area contributed by atoms with Crippen molar-refractivity contribution in [1.29, 1.82) is 0 Å². The molecule has 0 saturated carbocycles. The average Bonchev–Trinajstić information content (AvgIpc) is 2.11. The number of nitrogens with two attached hydrogens (primary N) is 1. The molecule has 0 heterocycles. The Kier molecular flexibility index (Phi) is 4.93. The van der Waals surface area contributed by atoms with Gasteiger partial charge in [0.25, 0.3) is 0 Å². The zero-order valence-corrected chi connectivity index (χ0v) is 10.8. The standard InChI is InChI=1S/C11H23N3O2/c1-10(2,3)7-11(4,13-5)9(16)14-6-8(12)15/h13H,6-7H2,1-5H3,(H2,12,15)(H,14,16). The van der Waals surface area contributed by atoms with Crippen molar-refractivity contribution >= 4 is 11.8 Å². The van der Waals surface area contributed by atoms with Gasteiger partial charge in [-0.2, -0.15) is 0 Å². The molecular formula is C11H23N3O2. The summed E-state index contributed by atoms with van der Waals surface area (Å²) < 4.78 is 0. The number of nitrogens with one attached hydrogen (secondary N) is 2. The third-order valence-electron chi connectivity index (χ3n) is 2.36. The van der Waals surface area contributed by atoms with Crippen molar-refractivity contribution in [3.8, 4) is 0 Å². The summed E-state index contributed by atoms with van der Waals surface area (Å²) in [6.07, 6.45) is 0.668. The highest BCUT2D eigenvalue weighted by molar-refractivity contribution is 5.89. The molecule has 2 amide bonds. The van der Waals surface area contributed by atoms with Crippen molar-refractivity contribution in [3.05, 3.63) is 0 Å². The van der Waals surface area contributed by atoms with Gasteiger partial charge in [0, 0.05) is 0 Å². The molecule has 0 aromatic rings. The van der Waals surface area contributed by atoms with Crippen LogP contribution in [0.25, 0.3) is 0 Å². The van der Waals surface area contributed by atoms with Crippen LogP contribution in [0.4, 0.5) is 0 Å². The van der Waals surface area contributed by atoms with Gasteiger partial charge < -0.3 is 16.4 Å². The summed E-state index contributed by atoms with van der Waals surface area (Å²) >= 11 is 0. The summed E-state index contributed by atoms with van der Waals surface area (Å²) in [6, 6.07) is 0. The van der Waals surface area contributed by atoms with Crippen LogP contribution < -0.4 is 16.4 Å². The maximum absolute atomic E-state index is 11.9. The molecule has 0 aromatic carbocycles. The van der Waals surface area contributed by atoms with Crippen LogP contribution in [-0.2, 0) is 9.59 Å². The molecule has 0 aliphatic heterocycles. The molecule has 0 aromatic heterocycles. The number of primary amides is 1. The minimum absolute atomic E-state index is 0.0157. The van der Waals surface area contributed by atoms with E-state index in [9.17, 15) is 9.59 Å².